The van der Waals surface area contributed by atoms with Gasteiger partial charge in [-0.3, -0.25) is 4.57 Å². The number of amides is 1. The monoisotopic (exact) mass is 602 g/mol. The molecule has 0 unspecified atom stereocenters. The van der Waals surface area contributed by atoms with Crippen LogP contribution in [0, 0.1) is 13.8 Å². The number of halogens is 3. The molecule has 11 heteroatoms. The van der Waals surface area contributed by atoms with Crippen LogP contribution in [-0.4, -0.2) is 43.1 Å². The number of para-hydroxylation sites is 1. The van der Waals surface area contributed by atoms with Crippen molar-refractivity contribution >= 4 is 62.7 Å². The summed E-state index contributed by atoms with van der Waals surface area (Å²) < 4.78 is 44.5. The Bertz CT molecular complexity index is 1940. The number of ether oxygens (including phenoxy) is 1. The Morgan fingerprint density at radius 3 is 2.35 bits per heavy atom. The number of fused-ring (bicyclic) bond motifs is 3. The summed E-state index contributed by atoms with van der Waals surface area (Å²) in [7, 11) is 0. The molecule has 43 heavy (non-hydrogen) atoms. The first-order valence-electron chi connectivity index (χ1n) is 13.4. The number of anilines is 1. The average molecular weight is 603 g/mol. The van der Waals surface area contributed by atoms with E-state index >= 15 is 0 Å². The highest BCUT2D eigenvalue weighted by Gasteiger charge is 2.54. The highest BCUT2D eigenvalue weighted by atomic mass is 32.2. The molecule has 0 aliphatic carbocycles. The van der Waals surface area contributed by atoms with Gasteiger partial charge in [0.2, 0.25) is 0 Å². The van der Waals surface area contributed by atoms with Crippen LogP contribution in [-0.2, 0) is 4.79 Å². The van der Waals surface area contributed by atoms with Crippen molar-refractivity contribution < 1.29 is 27.4 Å². The number of carbonyl (C=O) groups excluding carboxylic acids is 1. The number of benzene rings is 4. The largest absolute Gasteiger partial charge is 0.573 e. The number of hydrogen-bond acceptors (Lipinski definition) is 5. The average Bonchev–Trinajstić information content (AvgIpc) is 3.48. The van der Waals surface area contributed by atoms with Gasteiger partial charge in [-0.15, -0.1) is 13.2 Å². The summed E-state index contributed by atoms with van der Waals surface area (Å²) in [4.78, 5) is 20.0. The van der Waals surface area contributed by atoms with E-state index in [-0.39, 0.29) is 11.7 Å². The molecule has 1 aliphatic rings. The molecule has 0 radical (unpaired) electrons. The minimum absolute atomic E-state index is 0.0374. The lowest BCUT2D eigenvalue weighted by atomic mass is 10.1. The topological polar surface area (TPSA) is 62.7 Å². The van der Waals surface area contributed by atoms with Gasteiger partial charge in [0.15, 0.2) is 5.69 Å². The van der Waals surface area contributed by atoms with Gasteiger partial charge < -0.3 is 4.74 Å². The van der Waals surface area contributed by atoms with Crippen molar-refractivity contribution in [2.45, 2.75) is 38.8 Å². The Morgan fingerprint density at radius 1 is 1.00 bits per heavy atom. The molecule has 1 aromatic heterocycles. The molecule has 218 valence electrons. The SMILES string of the molecule is C=N/[N+](=C1/SC(C)(C)C(=O)N1c1c(C)cccc1C)c1ccc2c(ccc3c2ncn3-c2ccc(OC(F)(F)F)cc2)c1. The number of amidine groups is 1. The van der Waals surface area contributed by atoms with E-state index in [9.17, 15) is 18.0 Å². The number of alkyl halides is 3. The number of carbonyl (C=O) groups is 1. The van der Waals surface area contributed by atoms with Crippen molar-refractivity contribution in [2.24, 2.45) is 5.10 Å². The second-order valence-electron chi connectivity index (χ2n) is 10.7. The first kappa shape index (κ1) is 28.5. The number of rotatable bonds is 5. The first-order valence-corrected chi connectivity index (χ1v) is 14.2. The van der Waals surface area contributed by atoms with Crippen molar-refractivity contribution in [3.8, 4) is 11.4 Å². The van der Waals surface area contributed by atoms with Crippen molar-refractivity contribution in [1.29, 1.82) is 0 Å². The molecule has 0 saturated carbocycles. The fourth-order valence-corrected chi connectivity index (χ4v) is 6.51. The molecule has 2 heterocycles. The molecule has 0 atom stereocenters. The Balaban J connectivity index is 1.43. The third kappa shape index (κ3) is 5.03. The maximum absolute atomic E-state index is 13.7. The van der Waals surface area contributed by atoms with Crippen LogP contribution >= 0.6 is 11.8 Å². The lowest BCUT2D eigenvalue weighted by Gasteiger charge is -2.16. The maximum Gasteiger partial charge on any atom is 0.573 e. The van der Waals surface area contributed by atoms with Crippen LogP contribution in [0.1, 0.15) is 25.0 Å². The standard InChI is InChI=1S/C32H27F3N5O2S/c1-19-7-6-8-20(2)28(19)39-29(41)31(3,4)43-30(39)40(36-5)23-12-15-25-21(17-23)9-16-26-27(25)37-18-38(26)22-10-13-24(14-11-22)42-32(33,34)35/h6-18H,5H2,1-4H3/q+1. The summed E-state index contributed by atoms with van der Waals surface area (Å²) in [6, 6.07) is 21.3. The molecular weight excluding hydrogens is 575 g/mol. The smallest absolute Gasteiger partial charge is 0.406 e. The van der Waals surface area contributed by atoms with Crippen LogP contribution in [0.15, 0.2) is 84.2 Å². The molecule has 4 aromatic carbocycles. The van der Waals surface area contributed by atoms with Gasteiger partial charge in [-0.2, -0.15) is 4.90 Å². The molecule has 1 saturated heterocycles. The van der Waals surface area contributed by atoms with Crippen LogP contribution in [0.25, 0.3) is 27.5 Å². The minimum Gasteiger partial charge on any atom is -0.406 e. The first-order chi connectivity index (χ1) is 20.4. The van der Waals surface area contributed by atoms with E-state index in [1.165, 1.54) is 23.9 Å². The third-order valence-electron chi connectivity index (χ3n) is 7.35. The van der Waals surface area contributed by atoms with E-state index in [2.05, 4.69) is 21.5 Å². The van der Waals surface area contributed by atoms with Gasteiger partial charge >= 0.3 is 17.4 Å². The zero-order chi connectivity index (χ0) is 30.7. The van der Waals surface area contributed by atoms with Crippen molar-refractivity contribution in [2.75, 3.05) is 4.90 Å². The van der Waals surface area contributed by atoms with Crippen molar-refractivity contribution in [3.63, 3.8) is 0 Å². The number of hydrazone groups is 1. The van der Waals surface area contributed by atoms with Crippen molar-refractivity contribution in [3.05, 3.63) is 90.3 Å². The Labute approximate surface area is 249 Å². The molecule has 1 aliphatic heterocycles. The second kappa shape index (κ2) is 10.3. The quantitative estimate of drug-likeness (QED) is 0.117. The van der Waals surface area contributed by atoms with Gasteiger partial charge in [0.25, 0.3) is 0 Å². The number of hydrogen-bond donors (Lipinski definition) is 0. The fourth-order valence-electron chi connectivity index (χ4n) is 5.36. The fraction of sp³-hybridized carbons (Fsp3) is 0.188. The predicted octanol–water partition coefficient (Wildman–Crippen LogP) is 7.87. The minimum atomic E-state index is -4.75. The number of thioether (sulfide) groups is 1. The summed E-state index contributed by atoms with van der Waals surface area (Å²) in [6.45, 7) is 11.6. The van der Waals surface area contributed by atoms with Crippen LogP contribution in [0.3, 0.4) is 0 Å². The molecule has 0 spiro atoms. The van der Waals surface area contributed by atoms with Gasteiger partial charge in [0.1, 0.15) is 22.5 Å². The number of nitrogens with zero attached hydrogens (tertiary/aromatic N) is 5. The lowest BCUT2D eigenvalue weighted by Crippen LogP contribution is -2.38. The second-order valence-corrected chi connectivity index (χ2v) is 12.3. The number of imidazole rings is 1. The van der Waals surface area contributed by atoms with E-state index < -0.39 is 11.1 Å². The Morgan fingerprint density at radius 2 is 1.70 bits per heavy atom. The summed E-state index contributed by atoms with van der Waals surface area (Å²) >= 11 is 1.43. The zero-order valence-corrected chi connectivity index (χ0v) is 24.6. The molecule has 0 bridgehead atoms. The Kier molecular flexibility index (Phi) is 6.80. The zero-order valence-electron chi connectivity index (χ0n) is 23.8. The van der Waals surface area contributed by atoms with Gasteiger partial charge in [-0.05, 0) is 105 Å². The van der Waals surface area contributed by atoms with Crippen LogP contribution in [0.2, 0.25) is 0 Å². The molecular formula is C32H27F3N5O2S+. The predicted molar refractivity (Wildman–Crippen MR) is 165 cm³/mol. The van der Waals surface area contributed by atoms with Gasteiger partial charge in [-0.25, -0.2) is 9.78 Å². The summed E-state index contributed by atoms with van der Waals surface area (Å²) in [6.07, 6.45) is -3.12. The van der Waals surface area contributed by atoms with E-state index in [4.69, 9.17) is 0 Å². The highest BCUT2D eigenvalue weighted by molar-refractivity contribution is 8.16. The maximum atomic E-state index is 13.7. The molecule has 1 fully saturated rings. The van der Waals surface area contributed by atoms with E-state index in [0.29, 0.717) is 10.9 Å². The lowest BCUT2D eigenvalue weighted by molar-refractivity contribution is -0.441. The van der Waals surface area contributed by atoms with Gasteiger partial charge in [0, 0.05) is 17.8 Å². The third-order valence-corrected chi connectivity index (χ3v) is 8.57. The number of aromatic nitrogens is 2. The van der Waals surface area contributed by atoms with Gasteiger partial charge in [0.05, 0.1) is 11.0 Å². The molecule has 5 aromatic rings. The molecule has 1 amide bonds. The molecule has 7 nitrogen and oxygen atoms in total. The normalized spacial score (nSPS) is 16.3. The summed E-state index contributed by atoms with van der Waals surface area (Å²) in [5.74, 6) is -0.330. The van der Waals surface area contributed by atoms with Gasteiger partial charge in [-0.1, -0.05) is 34.1 Å². The van der Waals surface area contributed by atoms with E-state index in [1.807, 2.05) is 76.2 Å². The Hall–Kier alpha value is -4.64. The molecule has 6 rings (SSSR count). The highest BCUT2D eigenvalue weighted by Crippen LogP contribution is 2.43. The van der Waals surface area contributed by atoms with Crippen LogP contribution < -0.4 is 9.64 Å². The summed E-state index contributed by atoms with van der Waals surface area (Å²) in [5.41, 5.74) is 5.68. The van der Waals surface area contributed by atoms with E-state index in [0.717, 1.165) is 44.3 Å². The number of aryl methyl sites for hydroxylation is 2. The molecule has 0 N–H and O–H groups in total. The van der Waals surface area contributed by atoms with Crippen molar-refractivity contribution in [1.82, 2.24) is 9.55 Å². The summed E-state index contributed by atoms with van der Waals surface area (Å²) in [5, 5.41) is 6.77. The van der Waals surface area contributed by atoms with Crippen LogP contribution in [0.4, 0.5) is 24.5 Å². The van der Waals surface area contributed by atoms with E-state index in [1.54, 1.807) is 32.6 Å². The van der Waals surface area contributed by atoms with Crippen LogP contribution in [0.5, 0.6) is 5.75 Å².